The molecule has 0 heterocycles. The summed E-state index contributed by atoms with van der Waals surface area (Å²) >= 11 is 5.85. The molecule has 4 heteroatoms. The van der Waals surface area contributed by atoms with Crippen LogP contribution in [-0.2, 0) is 6.42 Å². The third-order valence-electron chi connectivity index (χ3n) is 2.13. The second-order valence-electron chi connectivity index (χ2n) is 3.18. The molecular formula is C10H13ClO3. The molecule has 0 radical (unpaired) electrons. The number of hydrogen-bond donors (Lipinski definition) is 3. The van der Waals surface area contributed by atoms with Gasteiger partial charge in [0.25, 0.3) is 0 Å². The minimum atomic E-state index is -0.287. The number of aromatic hydroxyl groups is 2. The lowest BCUT2D eigenvalue weighted by molar-refractivity contribution is 0.288. The van der Waals surface area contributed by atoms with Crippen LogP contribution in [0.15, 0.2) is 6.07 Å². The SMILES string of the molecule is Cc1cc(O)c(O)c(Cl)c1CCCO. The summed E-state index contributed by atoms with van der Waals surface area (Å²) in [7, 11) is 0. The van der Waals surface area contributed by atoms with Crippen LogP contribution in [0.5, 0.6) is 11.5 Å². The Bertz CT molecular complexity index is 337. The summed E-state index contributed by atoms with van der Waals surface area (Å²) in [6.07, 6.45) is 1.18. The van der Waals surface area contributed by atoms with E-state index in [1.54, 1.807) is 6.92 Å². The summed E-state index contributed by atoms with van der Waals surface area (Å²) in [6.45, 7) is 1.88. The molecule has 0 unspecified atom stereocenters. The normalized spacial score (nSPS) is 10.5. The molecule has 0 fully saturated rings. The fourth-order valence-corrected chi connectivity index (χ4v) is 1.69. The fraction of sp³-hybridized carbons (Fsp3) is 0.400. The Morgan fingerprint density at radius 3 is 2.57 bits per heavy atom. The number of aliphatic hydroxyl groups is 1. The van der Waals surface area contributed by atoms with Gasteiger partial charge < -0.3 is 15.3 Å². The average Bonchev–Trinajstić information content (AvgIpc) is 2.14. The summed E-state index contributed by atoms with van der Waals surface area (Å²) in [5.74, 6) is -0.495. The highest BCUT2D eigenvalue weighted by Crippen LogP contribution is 2.38. The quantitative estimate of drug-likeness (QED) is 0.678. The van der Waals surface area contributed by atoms with Gasteiger partial charge in [-0.2, -0.15) is 0 Å². The van der Waals surface area contributed by atoms with Crippen molar-refractivity contribution in [1.82, 2.24) is 0 Å². The molecule has 0 bridgehead atoms. The van der Waals surface area contributed by atoms with Gasteiger partial charge in [-0.1, -0.05) is 11.6 Å². The molecule has 0 spiro atoms. The van der Waals surface area contributed by atoms with E-state index in [1.807, 2.05) is 0 Å². The van der Waals surface area contributed by atoms with Gasteiger partial charge in [0.2, 0.25) is 0 Å². The van der Waals surface area contributed by atoms with Crippen molar-refractivity contribution in [2.24, 2.45) is 0 Å². The van der Waals surface area contributed by atoms with Crippen LogP contribution in [0.4, 0.5) is 0 Å². The van der Waals surface area contributed by atoms with E-state index in [-0.39, 0.29) is 23.1 Å². The number of aryl methyl sites for hydroxylation is 1. The summed E-state index contributed by atoms with van der Waals surface area (Å²) in [5.41, 5.74) is 1.59. The zero-order valence-corrected chi connectivity index (χ0v) is 8.67. The van der Waals surface area contributed by atoms with Gasteiger partial charge in [0.1, 0.15) is 0 Å². The van der Waals surface area contributed by atoms with E-state index in [0.717, 1.165) is 11.1 Å². The van der Waals surface area contributed by atoms with E-state index in [4.69, 9.17) is 16.7 Å². The van der Waals surface area contributed by atoms with E-state index in [9.17, 15) is 10.2 Å². The third-order valence-corrected chi connectivity index (χ3v) is 2.54. The minimum Gasteiger partial charge on any atom is -0.504 e. The van der Waals surface area contributed by atoms with Gasteiger partial charge in [-0.25, -0.2) is 0 Å². The highest BCUT2D eigenvalue weighted by atomic mass is 35.5. The average molecular weight is 217 g/mol. The summed E-state index contributed by atoms with van der Waals surface area (Å²) in [5, 5.41) is 27.5. The highest BCUT2D eigenvalue weighted by Gasteiger charge is 2.12. The van der Waals surface area contributed by atoms with E-state index < -0.39 is 0 Å². The number of hydrogen-bond acceptors (Lipinski definition) is 3. The van der Waals surface area contributed by atoms with Crippen molar-refractivity contribution in [3.8, 4) is 11.5 Å². The van der Waals surface area contributed by atoms with Crippen molar-refractivity contribution in [3.05, 3.63) is 22.2 Å². The van der Waals surface area contributed by atoms with Crippen LogP contribution in [0.25, 0.3) is 0 Å². The first kappa shape index (κ1) is 11.1. The maximum absolute atomic E-state index is 9.37. The number of phenolic OH excluding ortho intramolecular Hbond substituents is 2. The predicted molar refractivity (Wildman–Crippen MR) is 54.9 cm³/mol. The Morgan fingerprint density at radius 2 is 2.00 bits per heavy atom. The topological polar surface area (TPSA) is 60.7 Å². The molecular weight excluding hydrogens is 204 g/mol. The highest BCUT2D eigenvalue weighted by molar-refractivity contribution is 6.33. The molecule has 3 N–H and O–H groups in total. The third kappa shape index (κ3) is 2.11. The number of phenols is 2. The van der Waals surface area contributed by atoms with Gasteiger partial charge in [-0.15, -0.1) is 0 Å². The lowest BCUT2D eigenvalue weighted by Crippen LogP contribution is -1.94. The molecule has 0 atom stereocenters. The first-order valence-electron chi connectivity index (χ1n) is 4.38. The van der Waals surface area contributed by atoms with Crippen LogP contribution in [0.3, 0.4) is 0 Å². The molecule has 78 valence electrons. The van der Waals surface area contributed by atoms with Crippen molar-refractivity contribution in [2.75, 3.05) is 6.61 Å². The summed E-state index contributed by atoms with van der Waals surface area (Å²) in [4.78, 5) is 0. The number of rotatable bonds is 3. The van der Waals surface area contributed by atoms with E-state index in [1.165, 1.54) is 6.07 Å². The molecule has 1 rings (SSSR count). The Morgan fingerprint density at radius 1 is 1.36 bits per heavy atom. The standard InChI is InChI=1S/C10H13ClO3/c1-6-5-8(13)10(14)9(11)7(6)3-2-4-12/h5,12-14H,2-4H2,1H3. The van der Waals surface area contributed by atoms with Crippen molar-refractivity contribution < 1.29 is 15.3 Å². The number of aliphatic hydroxyl groups excluding tert-OH is 1. The molecule has 0 aliphatic carbocycles. The van der Waals surface area contributed by atoms with Crippen molar-refractivity contribution >= 4 is 11.6 Å². The van der Waals surface area contributed by atoms with Gasteiger partial charge in [0.15, 0.2) is 11.5 Å². The Balaban J connectivity index is 3.09. The monoisotopic (exact) mass is 216 g/mol. The van der Waals surface area contributed by atoms with Crippen molar-refractivity contribution in [2.45, 2.75) is 19.8 Å². The molecule has 0 aromatic heterocycles. The van der Waals surface area contributed by atoms with Gasteiger partial charge >= 0.3 is 0 Å². The molecule has 1 aromatic carbocycles. The lowest BCUT2D eigenvalue weighted by Gasteiger charge is -2.10. The van der Waals surface area contributed by atoms with Gasteiger partial charge in [-0.05, 0) is 37.0 Å². The van der Waals surface area contributed by atoms with E-state index in [2.05, 4.69) is 0 Å². The van der Waals surface area contributed by atoms with Crippen molar-refractivity contribution in [1.29, 1.82) is 0 Å². The zero-order chi connectivity index (χ0) is 10.7. The molecule has 0 aliphatic heterocycles. The van der Waals surface area contributed by atoms with Gasteiger partial charge in [-0.3, -0.25) is 0 Å². The smallest absolute Gasteiger partial charge is 0.176 e. The predicted octanol–water partition coefficient (Wildman–Crippen LogP) is 1.98. The van der Waals surface area contributed by atoms with Crippen molar-refractivity contribution in [3.63, 3.8) is 0 Å². The second-order valence-corrected chi connectivity index (χ2v) is 3.56. The maximum atomic E-state index is 9.37. The molecule has 0 aliphatic rings. The first-order chi connectivity index (χ1) is 6.57. The Kier molecular flexibility index (Phi) is 3.61. The zero-order valence-electron chi connectivity index (χ0n) is 7.92. The van der Waals surface area contributed by atoms with Crippen LogP contribution >= 0.6 is 11.6 Å². The van der Waals surface area contributed by atoms with Crippen LogP contribution in [0, 0.1) is 6.92 Å². The molecule has 1 aromatic rings. The maximum Gasteiger partial charge on any atom is 0.176 e. The minimum absolute atomic E-state index is 0.0808. The van der Waals surface area contributed by atoms with Gasteiger partial charge in [0.05, 0.1) is 5.02 Å². The van der Waals surface area contributed by atoms with Crippen LogP contribution in [-0.4, -0.2) is 21.9 Å². The summed E-state index contributed by atoms with van der Waals surface area (Å²) < 4.78 is 0. The molecule has 14 heavy (non-hydrogen) atoms. The van der Waals surface area contributed by atoms with Crippen LogP contribution in [0.1, 0.15) is 17.5 Å². The van der Waals surface area contributed by atoms with E-state index in [0.29, 0.717) is 12.8 Å². The first-order valence-corrected chi connectivity index (χ1v) is 4.76. The molecule has 0 saturated heterocycles. The summed E-state index contributed by atoms with van der Waals surface area (Å²) in [6, 6.07) is 1.47. The van der Waals surface area contributed by atoms with E-state index >= 15 is 0 Å². The fourth-order valence-electron chi connectivity index (χ4n) is 1.35. The molecule has 3 nitrogen and oxygen atoms in total. The van der Waals surface area contributed by atoms with Crippen LogP contribution < -0.4 is 0 Å². The Labute approximate surface area is 87.6 Å². The van der Waals surface area contributed by atoms with Gasteiger partial charge in [0, 0.05) is 6.61 Å². The molecule has 0 saturated carbocycles. The number of halogens is 1. The van der Waals surface area contributed by atoms with Crippen LogP contribution in [0.2, 0.25) is 5.02 Å². The number of benzene rings is 1. The lowest BCUT2D eigenvalue weighted by atomic mass is 10.0. The molecule has 0 amide bonds. The Hall–Kier alpha value is -0.930. The largest absolute Gasteiger partial charge is 0.504 e. The second kappa shape index (κ2) is 4.53.